The Morgan fingerprint density at radius 1 is 1.07 bits per heavy atom. The van der Waals surface area contributed by atoms with Gasteiger partial charge in [0.25, 0.3) is 6.47 Å². The van der Waals surface area contributed by atoms with Crippen molar-refractivity contribution in [3.63, 3.8) is 0 Å². The minimum Gasteiger partial charge on any atom is -0.481 e. The van der Waals surface area contributed by atoms with E-state index >= 15 is 0 Å². The number of carboxylic acids is 1. The second kappa shape index (κ2) is 10.6. The van der Waals surface area contributed by atoms with Crippen LogP contribution in [0.2, 0.25) is 0 Å². The van der Waals surface area contributed by atoms with E-state index in [9.17, 15) is 9.59 Å². The molecule has 0 aromatic heterocycles. The highest BCUT2D eigenvalue weighted by Crippen LogP contribution is 2.50. The number of unbranched alkanes of at least 4 members (excludes halogenated alkanes) is 2. The molecule has 4 heteroatoms. The Labute approximate surface area is 169 Å². The van der Waals surface area contributed by atoms with Crippen LogP contribution in [-0.4, -0.2) is 24.2 Å². The predicted octanol–water partition coefficient (Wildman–Crippen LogP) is 5.57. The van der Waals surface area contributed by atoms with E-state index in [0.29, 0.717) is 18.5 Å². The minimum absolute atomic E-state index is 0.117. The van der Waals surface area contributed by atoms with Crippen molar-refractivity contribution in [1.82, 2.24) is 0 Å². The molecule has 0 saturated heterocycles. The van der Waals surface area contributed by atoms with Crippen LogP contribution in [0.3, 0.4) is 0 Å². The molecule has 1 aromatic rings. The monoisotopic (exact) mass is 388 g/mol. The van der Waals surface area contributed by atoms with E-state index in [2.05, 4.69) is 24.3 Å². The number of rotatable bonds is 15. The first-order valence-electron chi connectivity index (χ1n) is 10.7. The molecule has 28 heavy (non-hydrogen) atoms. The van der Waals surface area contributed by atoms with Crippen LogP contribution in [0.1, 0.15) is 82.8 Å². The Kier molecular flexibility index (Phi) is 8.53. The van der Waals surface area contributed by atoms with Crippen molar-refractivity contribution >= 4 is 12.4 Å². The average Bonchev–Trinajstić information content (AvgIpc) is 3.41. The fourth-order valence-corrected chi connectivity index (χ4v) is 3.99. The number of benzene rings is 1. The molecular formula is C24H36O4. The lowest BCUT2D eigenvalue weighted by Crippen LogP contribution is -2.16. The highest BCUT2D eigenvalue weighted by molar-refractivity contribution is 5.67. The Hall–Kier alpha value is -1.84. The molecule has 0 atom stereocenters. The molecule has 0 bridgehead atoms. The van der Waals surface area contributed by atoms with Gasteiger partial charge in [-0.15, -0.1) is 0 Å². The lowest BCUT2D eigenvalue weighted by atomic mass is 9.83. The summed E-state index contributed by atoms with van der Waals surface area (Å²) in [6.07, 6.45) is 11.5. The van der Waals surface area contributed by atoms with Gasteiger partial charge in [-0.1, -0.05) is 51.0 Å². The number of hydrogen-bond donors (Lipinski definition) is 1. The van der Waals surface area contributed by atoms with E-state index in [-0.39, 0.29) is 11.8 Å². The largest absolute Gasteiger partial charge is 0.481 e. The molecular weight excluding hydrogens is 352 g/mol. The maximum absolute atomic E-state index is 10.9. The van der Waals surface area contributed by atoms with Crippen LogP contribution in [0.4, 0.5) is 0 Å². The molecule has 4 nitrogen and oxygen atoms in total. The highest BCUT2D eigenvalue weighted by atomic mass is 16.5. The van der Waals surface area contributed by atoms with Gasteiger partial charge in [0.1, 0.15) is 0 Å². The van der Waals surface area contributed by atoms with Gasteiger partial charge >= 0.3 is 5.97 Å². The molecule has 1 aliphatic rings. The second-order valence-electron chi connectivity index (χ2n) is 9.37. The third-order valence-corrected chi connectivity index (χ3v) is 6.06. The third-order valence-electron chi connectivity index (χ3n) is 6.06. The molecule has 2 rings (SSSR count). The number of carbonyl (C=O) groups excluding carboxylic acids is 1. The molecule has 1 fully saturated rings. The molecule has 0 amide bonds. The Morgan fingerprint density at radius 3 is 2.14 bits per heavy atom. The Bertz CT molecular complexity index is 614. The van der Waals surface area contributed by atoms with Crippen LogP contribution < -0.4 is 0 Å². The van der Waals surface area contributed by atoms with E-state index < -0.39 is 5.97 Å². The van der Waals surface area contributed by atoms with Crippen molar-refractivity contribution in [2.75, 3.05) is 6.61 Å². The van der Waals surface area contributed by atoms with Crippen LogP contribution in [0.15, 0.2) is 24.3 Å². The van der Waals surface area contributed by atoms with E-state index in [1.54, 1.807) is 0 Å². The highest BCUT2D eigenvalue weighted by Gasteiger charge is 2.42. The zero-order valence-electron chi connectivity index (χ0n) is 17.5. The van der Waals surface area contributed by atoms with Gasteiger partial charge in [0.2, 0.25) is 0 Å². The van der Waals surface area contributed by atoms with E-state index in [1.165, 1.54) is 36.8 Å². The number of hydrogen-bond acceptors (Lipinski definition) is 3. The van der Waals surface area contributed by atoms with Crippen molar-refractivity contribution in [1.29, 1.82) is 0 Å². The minimum atomic E-state index is -0.706. The summed E-state index contributed by atoms with van der Waals surface area (Å²) >= 11 is 0. The molecule has 0 unspecified atom stereocenters. The van der Waals surface area contributed by atoms with Crippen LogP contribution in [0.25, 0.3) is 0 Å². The van der Waals surface area contributed by atoms with Crippen molar-refractivity contribution < 1.29 is 19.4 Å². The topological polar surface area (TPSA) is 63.6 Å². The zero-order chi connectivity index (χ0) is 20.5. The summed E-state index contributed by atoms with van der Waals surface area (Å²) in [5, 5.41) is 8.95. The first-order chi connectivity index (χ1) is 13.3. The normalized spacial score (nSPS) is 15.2. The smallest absolute Gasteiger partial charge is 0.303 e. The summed E-state index contributed by atoms with van der Waals surface area (Å²) in [4.78, 5) is 21.2. The lowest BCUT2D eigenvalue weighted by Gasteiger charge is -2.22. The third kappa shape index (κ3) is 8.45. The molecule has 156 valence electrons. The van der Waals surface area contributed by atoms with Crippen molar-refractivity contribution in [3.05, 3.63) is 35.4 Å². The molecule has 1 aliphatic carbocycles. The Morgan fingerprint density at radius 2 is 1.64 bits per heavy atom. The quantitative estimate of drug-likeness (QED) is 0.315. The summed E-state index contributed by atoms with van der Waals surface area (Å²) in [5.41, 5.74) is 2.93. The summed E-state index contributed by atoms with van der Waals surface area (Å²) in [7, 11) is 0. The summed E-state index contributed by atoms with van der Waals surface area (Å²) < 4.78 is 4.96. The SMILES string of the molecule is CC(C)(CCCCc1ccc(CCCCC2(COC=O)CC2)cc1)CC(=O)O. The molecule has 1 N–H and O–H groups in total. The van der Waals surface area contributed by atoms with E-state index in [4.69, 9.17) is 9.84 Å². The standard InChI is InChI=1S/C24H36O4/c1-23(2,17-22(26)27)13-5-3-7-20-9-11-21(12-10-20)8-4-6-14-24(15-16-24)18-28-19-25/h9-12,19H,3-8,13-18H2,1-2H3,(H,26,27). The van der Waals surface area contributed by atoms with Gasteiger partial charge in [0.15, 0.2) is 0 Å². The first kappa shape index (κ1) is 22.4. The predicted molar refractivity (Wildman–Crippen MR) is 111 cm³/mol. The number of aliphatic carboxylic acids is 1. The first-order valence-corrected chi connectivity index (χ1v) is 10.7. The molecule has 0 spiro atoms. The maximum Gasteiger partial charge on any atom is 0.303 e. The molecule has 0 heterocycles. The fourth-order valence-electron chi connectivity index (χ4n) is 3.99. The average molecular weight is 389 g/mol. The molecule has 0 radical (unpaired) electrons. The van der Waals surface area contributed by atoms with Crippen LogP contribution in [0.5, 0.6) is 0 Å². The fraction of sp³-hybridized carbons (Fsp3) is 0.667. The Balaban J connectivity index is 1.60. The second-order valence-corrected chi connectivity index (χ2v) is 9.37. The molecule has 1 aromatic carbocycles. The van der Waals surface area contributed by atoms with Gasteiger partial charge in [0.05, 0.1) is 13.0 Å². The maximum atomic E-state index is 10.9. The van der Waals surface area contributed by atoms with Gasteiger partial charge in [-0.05, 0) is 67.9 Å². The van der Waals surface area contributed by atoms with Gasteiger partial charge < -0.3 is 9.84 Å². The van der Waals surface area contributed by atoms with Gasteiger partial charge in [-0.25, -0.2) is 0 Å². The number of carbonyl (C=O) groups is 2. The number of ether oxygens (including phenoxy) is 1. The van der Waals surface area contributed by atoms with Gasteiger partial charge in [0, 0.05) is 5.41 Å². The van der Waals surface area contributed by atoms with E-state index in [0.717, 1.165) is 38.5 Å². The summed E-state index contributed by atoms with van der Waals surface area (Å²) in [6, 6.07) is 8.95. The summed E-state index contributed by atoms with van der Waals surface area (Å²) in [6.45, 7) is 5.24. The number of aryl methyl sites for hydroxylation is 2. The van der Waals surface area contributed by atoms with Gasteiger partial charge in [-0.2, -0.15) is 0 Å². The molecule has 1 saturated carbocycles. The summed E-state index contributed by atoms with van der Waals surface area (Å²) in [5.74, 6) is -0.706. The molecule has 0 aliphatic heterocycles. The van der Waals surface area contributed by atoms with Gasteiger partial charge in [-0.3, -0.25) is 9.59 Å². The van der Waals surface area contributed by atoms with E-state index in [1.807, 2.05) is 13.8 Å². The number of carboxylic acid groups (broad SMARTS) is 1. The lowest BCUT2D eigenvalue weighted by molar-refractivity contribution is -0.139. The van der Waals surface area contributed by atoms with Crippen molar-refractivity contribution in [2.45, 2.75) is 84.5 Å². The van der Waals surface area contributed by atoms with Crippen LogP contribution >= 0.6 is 0 Å². The van der Waals surface area contributed by atoms with Crippen LogP contribution in [0, 0.1) is 10.8 Å². The van der Waals surface area contributed by atoms with Crippen LogP contribution in [-0.2, 0) is 27.2 Å². The van der Waals surface area contributed by atoms with Crippen molar-refractivity contribution in [3.8, 4) is 0 Å². The zero-order valence-corrected chi connectivity index (χ0v) is 17.5. The van der Waals surface area contributed by atoms with Crippen molar-refractivity contribution in [2.24, 2.45) is 10.8 Å².